The van der Waals surface area contributed by atoms with Gasteiger partial charge < -0.3 is 9.47 Å². The molecule has 0 saturated carbocycles. The first kappa shape index (κ1) is 20.6. The number of ether oxygens (including phenoxy) is 2. The maximum atomic E-state index is 13.3. The molecule has 0 saturated heterocycles. The average molecular weight is 436 g/mol. The van der Waals surface area contributed by atoms with Crippen molar-refractivity contribution in [2.45, 2.75) is 6.10 Å². The zero-order chi connectivity index (χ0) is 22.0. The number of rotatable bonds is 5. The van der Waals surface area contributed by atoms with Gasteiger partial charge >= 0.3 is 0 Å². The molecule has 0 bridgehead atoms. The number of halogens is 1. The number of carbonyl (C=O) groups is 3. The van der Waals surface area contributed by atoms with E-state index in [9.17, 15) is 14.4 Å². The molecule has 0 unspecified atom stereocenters. The summed E-state index contributed by atoms with van der Waals surface area (Å²) in [5.74, 6) is -0.923. The third kappa shape index (κ3) is 4.02. The molecule has 0 aliphatic carbocycles. The number of hydrogen-bond acceptors (Lipinski definition) is 5. The molecule has 0 N–H and O–H groups in total. The lowest BCUT2D eigenvalue weighted by atomic mass is 10.1. The van der Waals surface area contributed by atoms with Crippen molar-refractivity contribution < 1.29 is 23.9 Å². The Morgan fingerprint density at radius 1 is 1.03 bits per heavy atom. The number of ketones is 1. The van der Waals surface area contributed by atoms with Crippen LogP contribution in [0.15, 0.2) is 72.8 Å². The Bertz CT molecular complexity index is 1160. The van der Waals surface area contributed by atoms with Crippen molar-refractivity contribution in [2.24, 2.45) is 0 Å². The number of amides is 2. The van der Waals surface area contributed by atoms with E-state index in [-0.39, 0.29) is 21.9 Å². The van der Waals surface area contributed by atoms with Gasteiger partial charge in [0.05, 0.1) is 24.2 Å². The maximum Gasteiger partial charge on any atom is 0.275 e. The average Bonchev–Trinajstić information content (AvgIpc) is 2.90. The fraction of sp³-hybridized carbons (Fsp3) is 0.125. The zero-order valence-electron chi connectivity index (χ0n) is 16.6. The normalized spacial score (nSPS) is 15.7. The molecular formula is C24H18ClNO5. The van der Waals surface area contributed by atoms with Crippen LogP contribution in [0.4, 0.5) is 0 Å². The van der Waals surface area contributed by atoms with Gasteiger partial charge in [-0.1, -0.05) is 54.1 Å². The number of para-hydroxylation sites is 1. The lowest BCUT2D eigenvalue weighted by Crippen LogP contribution is -2.42. The lowest BCUT2D eigenvalue weighted by molar-refractivity contribution is -0.135. The molecule has 31 heavy (non-hydrogen) atoms. The number of methoxy groups -OCH3 is 1. The first-order chi connectivity index (χ1) is 15.0. The number of carbonyl (C=O) groups excluding carboxylic acids is 3. The minimum absolute atomic E-state index is 0.217. The number of benzene rings is 3. The Morgan fingerprint density at radius 2 is 1.74 bits per heavy atom. The highest BCUT2D eigenvalue weighted by atomic mass is 35.5. The summed E-state index contributed by atoms with van der Waals surface area (Å²) in [5, 5.41) is 0.262. The van der Waals surface area contributed by atoms with Crippen LogP contribution in [0.1, 0.15) is 32.4 Å². The minimum atomic E-state index is -1.05. The minimum Gasteiger partial charge on any atom is -0.495 e. The Labute approximate surface area is 184 Å². The smallest absolute Gasteiger partial charge is 0.275 e. The van der Waals surface area contributed by atoms with E-state index in [4.69, 9.17) is 21.1 Å². The van der Waals surface area contributed by atoms with E-state index in [1.54, 1.807) is 60.7 Å². The van der Waals surface area contributed by atoms with Gasteiger partial charge in [-0.2, -0.15) is 0 Å². The van der Waals surface area contributed by atoms with Gasteiger partial charge in [0.2, 0.25) is 6.10 Å². The van der Waals surface area contributed by atoms with Crippen LogP contribution in [0.25, 0.3) is 0 Å². The molecule has 3 aromatic carbocycles. The molecule has 0 spiro atoms. The monoisotopic (exact) mass is 435 g/mol. The predicted octanol–water partition coefficient (Wildman–Crippen LogP) is 4.33. The highest BCUT2D eigenvalue weighted by Crippen LogP contribution is 2.32. The van der Waals surface area contributed by atoms with Gasteiger partial charge in [0.1, 0.15) is 11.5 Å². The molecule has 1 aliphatic heterocycles. The van der Waals surface area contributed by atoms with Crippen molar-refractivity contribution in [1.29, 1.82) is 0 Å². The number of Topliss-reactive ketones (excluding diaryl/α,β-unsaturated/α-hetero) is 1. The summed E-state index contributed by atoms with van der Waals surface area (Å²) in [6.07, 6.45) is -1.05. The Kier molecular flexibility index (Phi) is 5.73. The third-order valence-corrected chi connectivity index (χ3v) is 5.27. The van der Waals surface area contributed by atoms with E-state index >= 15 is 0 Å². The second kappa shape index (κ2) is 8.62. The molecule has 156 valence electrons. The molecule has 7 heteroatoms. The number of hydrogen-bond donors (Lipinski definition) is 0. The van der Waals surface area contributed by atoms with E-state index < -0.39 is 30.2 Å². The van der Waals surface area contributed by atoms with Crippen LogP contribution in [0, 0.1) is 0 Å². The molecule has 0 fully saturated rings. The Balaban J connectivity index is 1.71. The first-order valence-corrected chi connectivity index (χ1v) is 9.90. The summed E-state index contributed by atoms with van der Waals surface area (Å²) < 4.78 is 11.0. The fourth-order valence-corrected chi connectivity index (χ4v) is 3.63. The molecule has 0 aromatic heterocycles. The van der Waals surface area contributed by atoms with E-state index in [2.05, 4.69) is 0 Å². The van der Waals surface area contributed by atoms with Crippen molar-refractivity contribution >= 4 is 29.2 Å². The summed E-state index contributed by atoms with van der Waals surface area (Å²) in [6, 6.07) is 20.0. The largest absolute Gasteiger partial charge is 0.495 e. The SMILES string of the molecule is COc1ccc(C(=O)CN2C(=O)c3ccccc3O[C@H](c3ccccc3)C2=O)cc1Cl. The van der Waals surface area contributed by atoms with Gasteiger partial charge in [0.15, 0.2) is 5.78 Å². The van der Waals surface area contributed by atoms with Crippen molar-refractivity contribution in [3.63, 3.8) is 0 Å². The van der Waals surface area contributed by atoms with Crippen LogP contribution >= 0.6 is 11.6 Å². The van der Waals surface area contributed by atoms with E-state index in [1.807, 2.05) is 6.07 Å². The molecule has 2 amide bonds. The van der Waals surface area contributed by atoms with Crippen LogP contribution in [0.5, 0.6) is 11.5 Å². The third-order valence-electron chi connectivity index (χ3n) is 4.98. The van der Waals surface area contributed by atoms with Crippen molar-refractivity contribution in [2.75, 3.05) is 13.7 Å². The van der Waals surface area contributed by atoms with Gasteiger partial charge in [-0.15, -0.1) is 0 Å². The molecule has 4 rings (SSSR count). The van der Waals surface area contributed by atoms with Crippen molar-refractivity contribution in [1.82, 2.24) is 4.90 Å². The van der Waals surface area contributed by atoms with Gasteiger partial charge in [-0.25, -0.2) is 0 Å². The van der Waals surface area contributed by atoms with Gasteiger partial charge in [0, 0.05) is 11.1 Å². The Hall–Kier alpha value is -3.64. The van der Waals surface area contributed by atoms with E-state index in [0.29, 0.717) is 11.3 Å². The molecule has 1 aliphatic rings. The second-order valence-electron chi connectivity index (χ2n) is 6.91. The van der Waals surface area contributed by atoms with Crippen LogP contribution in [0.3, 0.4) is 0 Å². The number of imide groups is 1. The standard InChI is InChI=1S/C24H18ClNO5/c1-30-21-12-11-16(13-18(21)25)19(27)14-26-23(28)17-9-5-6-10-20(17)31-22(24(26)29)15-7-3-2-4-8-15/h2-13,22H,14H2,1H3/t22-/m1/s1. The van der Waals surface area contributed by atoms with Gasteiger partial charge in [-0.3, -0.25) is 19.3 Å². The quantitative estimate of drug-likeness (QED) is 0.440. The Morgan fingerprint density at radius 3 is 2.45 bits per heavy atom. The maximum absolute atomic E-state index is 13.3. The zero-order valence-corrected chi connectivity index (χ0v) is 17.3. The molecule has 6 nitrogen and oxygen atoms in total. The lowest BCUT2D eigenvalue weighted by Gasteiger charge is -2.22. The number of nitrogens with zero attached hydrogens (tertiary/aromatic N) is 1. The molecular weight excluding hydrogens is 418 g/mol. The molecule has 1 atom stereocenters. The van der Waals surface area contributed by atoms with Crippen molar-refractivity contribution in [3.8, 4) is 11.5 Å². The van der Waals surface area contributed by atoms with Gasteiger partial charge in [-0.05, 0) is 30.3 Å². The molecule has 0 radical (unpaired) electrons. The molecule has 1 heterocycles. The van der Waals surface area contributed by atoms with Crippen molar-refractivity contribution in [3.05, 3.63) is 94.5 Å². The van der Waals surface area contributed by atoms with Crippen LogP contribution in [-0.2, 0) is 4.79 Å². The van der Waals surface area contributed by atoms with Crippen LogP contribution < -0.4 is 9.47 Å². The fourth-order valence-electron chi connectivity index (χ4n) is 3.37. The van der Waals surface area contributed by atoms with E-state index in [0.717, 1.165) is 4.90 Å². The second-order valence-corrected chi connectivity index (χ2v) is 7.31. The number of fused-ring (bicyclic) bond motifs is 1. The summed E-state index contributed by atoms with van der Waals surface area (Å²) in [5.41, 5.74) is 1.07. The topological polar surface area (TPSA) is 72.9 Å². The summed E-state index contributed by atoms with van der Waals surface area (Å²) in [6.45, 7) is -0.443. The summed E-state index contributed by atoms with van der Waals surface area (Å²) >= 11 is 6.13. The predicted molar refractivity (Wildman–Crippen MR) is 115 cm³/mol. The van der Waals surface area contributed by atoms with Crippen LogP contribution in [-0.4, -0.2) is 36.2 Å². The first-order valence-electron chi connectivity index (χ1n) is 9.52. The van der Waals surface area contributed by atoms with E-state index in [1.165, 1.54) is 13.2 Å². The van der Waals surface area contributed by atoms with Crippen LogP contribution in [0.2, 0.25) is 5.02 Å². The highest BCUT2D eigenvalue weighted by molar-refractivity contribution is 6.32. The highest BCUT2D eigenvalue weighted by Gasteiger charge is 2.38. The van der Waals surface area contributed by atoms with Gasteiger partial charge in [0.25, 0.3) is 11.8 Å². The summed E-state index contributed by atoms with van der Waals surface area (Å²) in [7, 11) is 1.47. The summed E-state index contributed by atoms with van der Waals surface area (Å²) in [4.78, 5) is 40.4. The molecule has 3 aromatic rings.